The van der Waals surface area contributed by atoms with Crippen molar-refractivity contribution in [3.05, 3.63) is 57.1 Å². The van der Waals surface area contributed by atoms with E-state index in [2.05, 4.69) is 5.32 Å². The van der Waals surface area contributed by atoms with Gasteiger partial charge >= 0.3 is 0 Å². The number of carbonyl (C=O) groups excluding carboxylic acids is 2. The summed E-state index contributed by atoms with van der Waals surface area (Å²) in [5.74, 6) is -0.765. The first kappa shape index (κ1) is 19.6. The van der Waals surface area contributed by atoms with Gasteiger partial charge in [-0.05, 0) is 31.2 Å². The van der Waals surface area contributed by atoms with Crippen LogP contribution in [0.2, 0.25) is 5.02 Å². The Bertz CT molecular complexity index is 963. The normalized spacial score (nSPS) is 16.2. The maximum absolute atomic E-state index is 12.6. The van der Waals surface area contributed by atoms with E-state index in [1.807, 2.05) is 0 Å². The molecule has 0 unspecified atom stereocenters. The molecule has 3 rings (SSSR count). The molecule has 1 N–H and O–H groups in total. The van der Waals surface area contributed by atoms with E-state index in [4.69, 9.17) is 16.3 Å². The third-order valence-corrected chi connectivity index (χ3v) is 4.85. The molecule has 0 radical (unpaired) electrons. The number of carbonyl (C=O) groups is 2. The zero-order valence-electron chi connectivity index (χ0n) is 15.3. The average molecular weight is 404 g/mol. The number of anilines is 2. The summed E-state index contributed by atoms with van der Waals surface area (Å²) < 4.78 is 5.21. The topological polar surface area (TPSA) is 102 Å². The number of methoxy groups -OCH3 is 1. The van der Waals surface area contributed by atoms with Crippen LogP contribution in [-0.2, 0) is 9.59 Å². The molecule has 1 fully saturated rings. The lowest BCUT2D eigenvalue weighted by molar-refractivity contribution is -0.385. The summed E-state index contributed by atoms with van der Waals surface area (Å²) in [7, 11) is 1.48. The summed E-state index contributed by atoms with van der Waals surface area (Å²) in [4.78, 5) is 37.1. The Morgan fingerprint density at radius 2 is 2.07 bits per heavy atom. The standard InChI is InChI=1S/C19H18ClN3O5/c1-11-3-5-14(9-16(11)23(26)27)22-10-12(7-18(22)24)19(25)21-15-8-13(20)4-6-17(15)28-2/h3-6,8-9,12H,7,10H2,1-2H3,(H,21,25)/t12-/m0/s1. The molecule has 0 aromatic heterocycles. The smallest absolute Gasteiger partial charge is 0.274 e. The van der Waals surface area contributed by atoms with E-state index < -0.39 is 10.8 Å². The molecule has 2 aromatic rings. The number of rotatable bonds is 5. The minimum absolute atomic E-state index is 0.0103. The van der Waals surface area contributed by atoms with Gasteiger partial charge in [-0.2, -0.15) is 0 Å². The van der Waals surface area contributed by atoms with Crippen LogP contribution >= 0.6 is 11.6 Å². The molecule has 1 heterocycles. The lowest BCUT2D eigenvalue weighted by atomic mass is 10.1. The second-order valence-corrected chi connectivity index (χ2v) is 6.90. The van der Waals surface area contributed by atoms with Gasteiger partial charge in [0.25, 0.3) is 5.69 Å². The van der Waals surface area contributed by atoms with Crippen LogP contribution in [0.1, 0.15) is 12.0 Å². The Hall–Kier alpha value is -3.13. The summed E-state index contributed by atoms with van der Waals surface area (Å²) in [6, 6.07) is 9.42. The number of hydrogen-bond donors (Lipinski definition) is 1. The number of benzene rings is 2. The van der Waals surface area contributed by atoms with Crippen LogP contribution in [-0.4, -0.2) is 30.4 Å². The first-order valence-electron chi connectivity index (χ1n) is 8.50. The van der Waals surface area contributed by atoms with E-state index in [1.165, 1.54) is 18.1 Å². The number of aryl methyl sites for hydroxylation is 1. The Morgan fingerprint density at radius 3 is 2.75 bits per heavy atom. The number of nitrogens with one attached hydrogen (secondary N) is 1. The zero-order valence-corrected chi connectivity index (χ0v) is 16.0. The molecule has 1 aliphatic rings. The van der Waals surface area contributed by atoms with Crippen LogP contribution < -0.4 is 15.0 Å². The van der Waals surface area contributed by atoms with E-state index >= 15 is 0 Å². The lowest BCUT2D eigenvalue weighted by Gasteiger charge is -2.17. The van der Waals surface area contributed by atoms with Crippen LogP contribution in [0.5, 0.6) is 5.75 Å². The van der Waals surface area contributed by atoms with Gasteiger partial charge in [-0.15, -0.1) is 0 Å². The molecule has 2 amide bonds. The first-order valence-corrected chi connectivity index (χ1v) is 8.87. The summed E-state index contributed by atoms with van der Waals surface area (Å²) in [6.45, 7) is 1.76. The molecule has 9 heteroatoms. The van der Waals surface area contributed by atoms with Crippen molar-refractivity contribution in [1.82, 2.24) is 0 Å². The van der Waals surface area contributed by atoms with Gasteiger partial charge in [0.1, 0.15) is 5.75 Å². The highest BCUT2D eigenvalue weighted by Crippen LogP contribution is 2.32. The van der Waals surface area contributed by atoms with Crippen molar-refractivity contribution in [3.8, 4) is 5.75 Å². The van der Waals surface area contributed by atoms with Crippen molar-refractivity contribution < 1.29 is 19.2 Å². The molecule has 0 bridgehead atoms. The fourth-order valence-electron chi connectivity index (χ4n) is 3.11. The first-order chi connectivity index (χ1) is 13.3. The van der Waals surface area contributed by atoms with Crippen LogP contribution in [0.3, 0.4) is 0 Å². The average Bonchev–Trinajstić information content (AvgIpc) is 3.04. The molecular formula is C19H18ClN3O5. The second kappa shape index (κ2) is 7.85. The molecule has 1 atom stereocenters. The molecule has 1 saturated heterocycles. The Balaban J connectivity index is 1.78. The van der Waals surface area contributed by atoms with Crippen molar-refractivity contribution in [2.75, 3.05) is 23.9 Å². The van der Waals surface area contributed by atoms with Gasteiger partial charge in [0.05, 0.1) is 29.3 Å². The quantitative estimate of drug-likeness (QED) is 0.607. The van der Waals surface area contributed by atoms with Gasteiger partial charge in [0.15, 0.2) is 0 Å². The molecule has 1 aliphatic heterocycles. The summed E-state index contributed by atoms with van der Waals surface area (Å²) in [5, 5.41) is 14.3. The van der Waals surface area contributed by atoms with E-state index in [0.29, 0.717) is 27.7 Å². The second-order valence-electron chi connectivity index (χ2n) is 6.47. The number of nitro groups is 1. The monoisotopic (exact) mass is 403 g/mol. The van der Waals surface area contributed by atoms with Gasteiger partial charge in [-0.1, -0.05) is 17.7 Å². The molecule has 8 nitrogen and oxygen atoms in total. The predicted octanol–water partition coefficient (Wildman–Crippen LogP) is 3.56. The number of amides is 2. The molecule has 0 saturated carbocycles. The van der Waals surface area contributed by atoms with Crippen molar-refractivity contribution in [2.24, 2.45) is 5.92 Å². The Morgan fingerprint density at radius 1 is 1.32 bits per heavy atom. The van der Waals surface area contributed by atoms with E-state index in [0.717, 1.165) is 0 Å². The molecule has 2 aromatic carbocycles. The van der Waals surface area contributed by atoms with E-state index in [9.17, 15) is 19.7 Å². The Labute approximate surface area is 166 Å². The largest absolute Gasteiger partial charge is 0.495 e. The van der Waals surface area contributed by atoms with Crippen molar-refractivity contribution in [1.29, 1.82) is 0 Å². The van der Waals surface area contributed by atoms with Crippen LogP contribution in [0, 0.1) is 23.0 Å². The fourth-order valence-corrected chi connectivity index (χ4v) is 3.28. The summed E-state index contributed by atoms with van der Waals surface area (Å²) in [6.07, 6.45) is 0.0103. The third-order valence-electron chi connectivity index (χ3n) is 4.62. The molecule has 0 aliphatic carbocycles. The van der Waals surface area contributed by atoms with Gasteiger partial charge in [-0.25, -0.2) is 0 Å². The highest BCUT2D eigenvalue weighted by Gasteiger charge is 2.36. The number of nitro benzene ring substituents is 1. The van der Waals surface area contributed by atoms with Gasteiger partial charge in [0, 0.05) is 29.6 Å². The number of halogens is 1. The summed E-state index contributed by atoms with van der Waals surface area (Å²) >= 11 is 5.97. The van der Waals surface area contributed by atoms with Crippen LogP contribution in [0.25, 0.3) is 0 Å². The van der Waals surface area contributed by atoms with E-state index in [1.54, 1.807) is 37.3 Å². The number of ether oxygens (including phenoxy) is 1. The highest BCUT2D eigenvalue weighted by atomic mass is 35.5. The van der Waals surface area contributed by atoms with Crippen molar-refractivity contribution in [3.63, 3.8) is 0 Å². The minimum Gasteiger partial charge on any atom is -0.495 e. The fraction of sp³-hybridized carbons (Fsp3) is 0.263. The van der Waals surface area contributed by atoms with Gasteiger partial charge < -0.3 is 15.0 Å². The lowest BCUT2D eigenvalue weighted by Crippen LogP contribution is -2.28. The predicted molar refractivity (Wildman–Crippen MR) is 105 cm³/mol. The van der Waals surface area contributed by atoms with Crippen LogP contribution in [0.15, 0.2) is 36.4 Å². The van der Waals surface area contributed by atoms with E-state index in [-0.39, 0.29) is 30.5 Å². The maximum Gasteiger partial charge on any atom is 0.274 e. The number of hydrogen-bond acceptors (Lipinski definition) is 5. The molecule has 146 valence electrons. The Kier molecular flexibility index (Phi) is 5.51. The van der Waals surface area contributed by atoms with Crippen molar-refractivity contribution >= 4 is 40.5 Å². The third kappa shape index (κ3) is 3.91. The van der Waals surface area contributed by atoms with Gasteiger partial charge in [0.2, 0.25) is 11.8 Å². The minimum atomic E-state index is -0.600. The maximum atomic E-state index is 12.6. The van der Waals surface area contributed by atoms with Crippen LogP contribution in [0.4, 0.5) is 17.1 Å². The molecular weight excluding hydrogens is 386 g/mol. The number of nitrogens with zero attached hydrogens (tertiary/aromatic N) is 2. The SMILES string of the molecule is COc1ccc(Cl)cc1NC(=O)[C@H]1CC(=O)N(c2ccc(C)c([N+](=O)[O-])c2)C1. The zero-order chi connectivity index (χ0) is 20.4. The highest BCUT2D eigenvalue weighted by molar-refractivity contribution is 6.31. The summed E-state index contributed by atoms with van der Waals surface area (Å²) in [5.41, 5.74) is 1.25. The molecule has 28 heavy (non-hydrogen) atoms. The van der Waals surface area contributed by atoms with Crippen molar-refractivity contribution in [2.45, 2.75) is 13.3 Å². The molecule has 0 spiro atoms. The van der Waals surface area contributed by atoms with Gasteiger partial charge in [-0.3, -0.25) is 19.7 Å².